The molecule has 0 unspecified atom stereocenters. The van der Waals surface area contributed by atoms with Gasteiger partial charge in [0.25, 0.3) is 0 Å². The molecule has 1 aromatic rings. The lowest BCUT2D eigenvalue weighted by Gasteiger charge is -1.96. The fraction of sp³-hybridized carbons (Fsp3) is 0.273. The summed E-state index contributed by atoms with van der Waals surface area (Å²) in [6, 6.07) is 9.22. The van der Waals surface area contributed by atoms with Gasteiger partial charge in [0, 0.05) is 4.47 Å². The van der Waals surface area contributed by atoms with Crippen molar-refractivity contribution in [2.24, 2.45) is 0 Å². The summed E-state index contributed by atoms with van der Waals surface area (Å²) in [5.41, 5.74) is 2.58. The minimum absolute atomic E-state index is 0.974. The number of rotatable bonds is 2. The zero-order valence-electron chi connectivity index (χ0n) is 7.39. The van der Waals surface area contributed by atoms with Crippen LogP contribution in [0.4, 0.5) is 0 Å². The summed E-state index contributed by atoms with van der Waals surface area (Å²) >= 11 is 3.43. The molecule has 0 saturated heterocycles. The van der Waals surface area contributed by atoms with Crippen molar-refractivity contribution in [3.05, 3.63) is 46.0 Å². The van der Waals surface area contributed by atoms with Crippen molar-refractivity contribution >= 4 is 15.9 Å². The van der Waals surface area contributed by atoms with Crippen LogP contribution in [0.1, 0.15) is 19.4 Å². The lowest BCUT2D eigenvalue weighted by Crippen LogP contribution is -1.81. The minimum Gasteiger partial charge on any atom is -0.0815 e. The first-order valence-corrected chi connectivity index (χ1v) is 4.77. The van der Waals surface area contributed by atoms with E-state index in [0.29, 0.717) is 0 Å². The van der Waals surface area contributed by atoms with Gasteiger partial charge >= 0.3 is 0 Å². The van der Waals surface area contributed by atoms with Crippen LogP contribution in [0.3, 0.4) is 0 Å². The maximum atomic E-state index is 3.43. The Morgan fingerprint density at radius 1 is 1.58 bits per heavy atom. The lowest BCUT2D eigenvalue weighted by molar-refractivity contribution is 1.21. The van der Waals surface area contributed by atoms with Crippen LogP contribution >= 0.6 is 15.9 Å². The van der Waals surface area contributed by atoms with E-state index in [1.807, 2.05) is 12.1 Å². The summed E-state index contributed by atoms with van der Waals surface area (Å²) in [5, 5.41) is 0. The largest absolute Gasteiger partial charge is 0.0815 e. The fourth-order valence-electron chi connectivity index (χ4n) is 0.916. The van der Waals surface area contributed by atoms with E-state index in [9.17, 15) is 0 Å². The molecule has 0 aromatic heterocycles. The van der Waals surface area contributed by atoms with Gasteiger partial charge in [0.1, 0.15) is 0 Å². The van der Waals surface area contributed by atoms with Gasteiger partial charge in [-0.3, -0.25) is 0 Å². The van der Waals surface area contributed by atoms with E-state index < -0.39 is 0 Å². The molecule has 63 valence electrons. The highest BCUT2D eigenvalue weighted by Crippen LogP contribution is 2.12. The zero-order chi connectivity index (χ0) is 8.97. The van der Waals surface area contributed by atoms with Crippen molar-refractivity contribution in [2.75, 3.05) is 0 Å². The summed E-state index contributed by atoms with van der Waals surface area (Å²) in [6.45, 7) is 4.22. The molecule has 0 fully saturated rings. The van der Waals surface area contributed by atoms with Crippen molar-refractivity contribution in [1.29, 1.82) is 0 Å². The molecule has 0 heterocycles. The Labute approximate surface area is 82.4 Å². The van der Waals surface area contributed by atoms with E-state index in [-0.39, 0.29) is 0 Å². The van der Waals surface area contributed by atoms with Gasteiger partial charge in [-0.2, -0.15) is 0 Å². The summed E-state index contributed by atoms with van der Waals surface area (Å²) in [6.07, 6.45) is 3.18. The second-order valence-electron chi connectivity index (χ2n) is 3.02. The molecule has 0 amide bonds. The van der Waals surface area contributed by atoms with E-state index in [4.69, 9.17) is 0 Å². The first-order chi connectivity index (χ1) is 5.68. The van der Waals surface area contributed by atoms with Gasteiger partial charge in [-0.1, -0.05) is 33.6 Å². The van der Waals surface area contributed by atoms with Crippen LogP contribution in [-0.4, -0.2) is 0 Å². The van der Waals surface area contributed by atoms with Gasteiger partial charge in [-0.25, -0.2) is 0 Å². The molecule has 0 nitrogen and oxygen atoms in total. The highest BCUT2D eigenvalue weighted by Gasteiger charge is 1.91. The number of hydrogen-bond donors (Lipinski definition) is 0. The lowest BCUT2D eigenvalue weighted by atomic mass is 10.1. The normalized spacial score (nSPS) is 9.58. The molecule has 1 heteroatoms. The van der Waals surface area contributed by atoms with Crippen LogP contribution in [0.25, 0.3) is 0 Å². The SMILES string of the molecule is CC(C)=CCc1[c]ccc(Br)c1. The maximum Gasteiger partial charge on any atom is 0.0178 e. The minimum atomic E-state index is 0.974. The Bertz CT molecular complexity index is 283. The topological polar surface area (TPSA) is 0 Å². The van der Waals surface area contributed by atoms with Crippen LogP contribution in [0.2, 0.25) is 0 Å². The average molecular weight is 224 g/mol. The molecular weight excluding hydrogens is 212 g/mol. The summed E-state index contributed by atoms with van der Waals surface area (Å²) in [4.78, 5) is 0. The molecule has 0 bridgehead atoms. The van der Waals surface area contributed by atoms with Crippen molar-refractivity contribution in [3.63, 3.8) is 0 Å². The molecule has 1 aromatic carbocycles. The predicted octanol–water partition coefficient (Wildman–Crippen LogP) is 3.76. The van der Waals surface area contributed by atoms with Crippen LogP contribution in [-0.2, 0) is 6.42 Å². The van der Waals surface area contributed by atoms with Crippen LogP contribution in [0, 0.1) is 6.07 Å². The number of allylic oxidation sites excluding steroid dienone is 2. The summed E-state index contributed by atoms with van der Waals surface area (Å²) < 4.78 is 1.12. The van der Waals surface area contributed by atoms with E-state index in [0.717, 1.165) is 10.9 Å². The molecule has 0 saturated carbocycles. The fourth-order valence-corrected chi connectivity index (χ4v) is 1.32. The van der Waals surface area contributed by atoms with E-state index in [1.54, 1.807) is 0 Å². The number of benzene rings is 1. The van der Waals surface area contributed by atoms with Crippen LogP contribution in [0.5, 0.6) is 0 Å². The van der Waals surface area contributed by atoms with Crippen molar-refractivity contribution < 1.29 is 0 Å². The Balaban J connectivity index is 2.70. The molecule has 0 atom stereocenters. The molecule has 1 rings (SSSR count). The second kappa shape index (κ2) is 4.46. The monoisotopic (exact) mass is 223 g/mol. The van der Waals surface area contributed by atoms with Gasteiger partial charge in [0.2, 0.25) is 0 Å². The second-order valence-corrected chi connectivity index (χ2v) is 3.93. The predicted molar refractivity (Wildman–Crippen MR) is 56.1 cm³/mol. The zero-order valence-corrected chi connectivity index (χ0v) is 8.98. The average Bonchev–Trinajstić information content (AvgIpc) is 2.01. The quantitative estimate of drug-likeness (QED) is 0.671. The first kappa shape index (κ1) is 9.53. The molecule has 1 radical (unpaired) electrons. The highest BCUT2D eigenvalue weighted by molar-refractivity contribution is 9.10. The van der Waals surface area contributed by atoms with Crippen LogP contribution in [0.15, 0.2) is 34.3 Å². The van der Waals surface area contributed by atoms with E-state index in [1.165, 1.54) is 11.1 Å². The van der Waals surface area contributed by atoms with Crippen molar-refractivity contribution in [3.8, 4) is 0 Å². The third-order valence-electron chi connectivity index (χ3n) is 1.55. The molecule has 0 aliphatic heterocycles. The smallest absolute Gasteiger partial charge is 0.0178 e. The van der Waals surface area contributed by atoms with Gasteiger partial charge in [0.15, 0.2) is 0 Å². The summed E-state index contributed by atoms with van der Waals surface area (Å²) in [5.74, 6) is 0. The maximum absolute atomic E-state index is 3.43. The third-order valence-corrected chi connectivity index (χ3v) is 2.05. The third kappa shape index (κ3) is 3.22. The van der Waals surface area contributed by atoms with Crippen molar-refractivity contribution in [1.82, 2.24) is 0 Å². The van der Waals surface area contributed by atoms with Gasteiger partial charge < -0.3 is 0 Å². The van der Waals surface area contributed by atoms with Gasteiger partial charge in [0.05, 0.1) is 0 Å². The number of hydrogen-bond acceptors (Lipinski definition) is 0. The number of halogens is 1. The molecule has 12 heavy (non-hydrogen) atoms. The standard InChI is InChI=1S/C11H12Br/c1-9(2)6-7-10-4-3-5-11(12)8-10/h3,5-6,8H,7H2,1-2H3. The molecule has 0 spiro atoms. The highest BCUT2D eigenvalue weighted by atomic mass is 79.9. The molecule has 0 N–H and O–H groups in total. The Hall–Kier alpha value is -0.560. The van der Waals surface area contributed by atoms with Gasteiger partial charge in [-0.05, 0) is 44.0 Å². The van der Waals surface area contributed by atoms with E-state index in [2.05, 4.69) is 48.0 Å². The Morgan fingerprint density at radius 2 is 2.33 bits per heavy atom. The van der Waals surface area contributed by atoms with Gasteiger partial charge in [-0.15, -0.1) is 0 Å². The van der Waals surface area contributed by atoms with E-state index >= 15 is 0 Å². The Kier molecular flexibility index (Phi) is 3.54. The van der Waals surface area contributed by atoms with Crippen molar-refractivity contribution in [2.45, 2.75) is 20.3 Å². The molecule has 0 aliphatic carbocycles. The van der Waals surface area contributed by atoms with Crippen LogP contribution < -0.4 is 0 Å². The summed E-state index contributed by atoms with van der Waals surface area (Å²) in [7, 11) is 0. The molecule has 0 aliphatic rings. The Morgan fingerprint density at radius 3 is 2.92 bits per heavy atom. The first-order valence-electron chi connectivity index (χ1n) is 3.98. The molecular formula is C11H12Br.